The lowest BCUT2D eigenvalue weighted by atomic mass is 10.1. The van der Waals surface area contributed by atoms with Crippen LogP contribution in [0.4, 0.5) is 15.9 Å². The molecule has 0 atom stereocenters. The minimum atomic E-state index is -0.248. The molecule has 24 heavy (non-hydrogen) atoms. The van der Waals surface area contributed by atoms with Gasteiger partial charge in [0.2, 0.25) is 0 Å². The van der Waals surface area contributed by atoms with Crippen molar-refractivity contribution in [1.29, 1.82) is 0 Å². The van der Waals surface area contributed by atoms with Crippen LogP contribution in [-0.4, -0.2) is 9.97 Å². The van der Waals surface area contributed by atoms with Gasteiger partial charge in [0.05, 0.1) is 5.39 Å². The highest BCUT2D eigenvalue weighted by Gasteiger charge is 2.13. The molecule has 0 aliphatic rings. The molecule has 0 fully saturated rings. The highest BCUT2D eigenvalue weighted by atomic mass is 79.9. The average molecular weight is 400 g/mol. The minimum absolute atomic E-state index is 0.248. The molecule has 0 unspecified atom stereocenters. The third-order valence-corrected chi connectivity index (χ3v) is 4.99. The average Bonchev–Trinajstić information content (AvgIpc) is 3.01. The molecule has 118 valence electrons. The van der Waals surface area contributed by atoms with Crippen LogP contribution in [0.3, 0.4) is 0 Å². The Kier molecular flexibility index (Phi) is 4.00. The van der Waals surface area contributed by atoms with Crippen LogP contribution in [0.25, 0.3) is 21.3 Å². The normalized spacial score (nSPS) is 10.9. The third kappa shape index (κ3) is 2.90. The zero-order chi connectivity index (χ0) is 16.5. The van der Waals surface area contributed by atoms with Crippen molar-refractivity contribution in [1.82, 2.24) is 9.97 Å². The smallest absolute Gasteiger partial charge is 0.143 e. The van der Waals surface area contributed by atoms with Crippen LogP contribution in [0.15, 0.2) is 64.7 Å². The summed E-state index contributed by atoms with van der Waals surface area (Å²) < 4.78 is 14.2. The van der Waals surface area contributed by atoms with Gasteiger partial charge in [-0.25, -0.2) is 14.4 Å². The number of halogens is 2. The summed E-state index contributed by atoms with van der Waals surface area (Å²) in [6, 6.07) is 14.3. The van der Waals surface area contributed by atoms with Crippen molar-refractivity contribution in [2.45, 2.75) is 0 Å². The molecule has 1 N–H and O–H groups in total. The van der Waals surface area contributed by atoms with Gasteiger partial charge >= 0.3 is 0 Å². The fourth-order valence-electron chi connectivity index (χ4n) is 2.51. The first-order chi connectivity index (χ1) is 11.7. The number of nitrogens with one attached hydrogen (secondary N) is 1. The predicted molar refractivity (Wildman–Crippen MR) is 100 cm³/mol. The monoisotopic (exact) mass is 399 g/mol. The quantitative estimate of drug-likeness (QED) is 0.458. The van der Waals surface area contributed by atoms with Gasteiger partial charge in [-0.05, 0) is 35.9 Å². The lowest BCUT2D eigenvalue weighted by Crippen LogP contribution is -1.95. The second-order valence-corrected chi connectivity index (χ2v) is 6.97. The van der Waals surface area contributed by atoms with Crippen LogP contribution in [0.5, 0.6) is 0 Å². The van der Waals surface area contributed by atoms with Gasteiger partial charge in [0, 0.05) is 21.1 Å². The number of rotatable bonds is 3. The topological polar surface area (TPSA) is 37.8 Å². The maximum absolute atomic E-state index is 13.2. The van der Waals surface area contributed by atoms with Crippen molar-refractivity contribution in [3.8, 4) is 11.1 Å². The Bertz CT molecular complexity index is 1010. The Morgan fingerprint density at radius 3 is 2.67 bits per heavy atom. The first kappa shape index (κ1) is 15.2. The van der Waals surface area contributed by atoms with Gasteiger partial charge in [-0.1, -0.05) is 34.1 Å². The van der Waals surface area contributed by atoms with Crippen molar-refractivity contribution >= 4 is 49.0 Å². The molecule has 0 bridgehead atoms. The first-order valence-corrected chi connectivity index (χ1v) is 8.89. The Hall–Kier alpha value is -2.31. The van der Waals surface area contributed by atoms with Gasteiger partial charge in [-0.15, -0.1) is 11.3 Å². The summed E-state index contributed by atoms with van der Waals surface area (Å²) in [7, 11) is 0. The fraction of sp³-hybridized carbons (Fsp3) is 0. The van der Waals surface area contributed by atoms with Crippen LogP contribution in [0, 0.1) is 5.82 Å². The zero-order valence-electron chi connectivity index (χ0n) is 12.3. The van der Waals surface area contributed by atoms with Crippen LogP contribution in [0.1, 0.15) is 0 Å². The predicted octanol–water partition coefficient (Wildman–Crippen LogP) is 6.00. The summed E-state index contributed by atoms with van der Waals surface area (Å²) in [5, 5.41) is 6.31. The van der Waals surface area contributed by atoms with Gasteiger partial charge in [-0.2, -0.15) is 0 Å². The summed E-state index contributed by atoms with van der Waals surface area (Å²) in [4.78, 5) is 9.64. The lowest BCUT2D eigenvalue weighted by molar-refractivity contribution is 0.628. The summed E-state index contributed by atoms with van der Waals surface area (Å²) >= 11 is 5.02. The van der Waals surface area contributed by atoms with E-state index in [1.807, 2.05) is 29.6 Å². The summed E-state index contributed by atoms with van der Waals surface area (Å²) in [6.45, 7) is 0. The molecule has 0 aliphatic heterocycles. The molecule has 2 aromatic heterocycles. The number of aromatic nitrogens is 2. The molecular formula is C18H11BrFN3S. The Balaban J connectivity index is 1.84. The Labute approximate surface area is 150 Å². The minimum Gasteiger partial charge on any atom is -0.340 e. The molecule has 0 aliphatic carbocycles. The number of fused-ring (bicyclic) bond motifs is 1. The molecule has 6 heteroatoms. The van der Waals surface area contributed by atoms with Crippen molar-refractivity contribution < 1.29 is 4.39 Å². The van der Waals surface area contributed by atoms with Crippen LogP contribution >= 0.6 is 27.3 Å². The number of nitrogens with zero attached hydrogens (tertiary/aromatic N) is 2. The molecule has 0 amide bonds. The number of hydrogen-bond acceptors (Lipinski definition) is 4. The van der Waals surface area contributed by atoms with Gasteiger partial charge in [0.15, 0.2) is 0 Å². The SMILES string of the molecule is Fc1ccc(-c2csc3ncnc(Nc4cccc(Br)c4)c23)cc1. The molecule has 0 radical (unpaired) electrons. The molecule has 4 rings (SSSR count). The molecule has 0 saturated carbocycles. The molecular weight excluding hydrogens is 389 g/mol. The molecule has 0 spiro atoms. The molecule has 2 aromatic carbocycles. The van der Waals surface area contributed by atoms with E-state index in [4.69, 9.17) is 0 Å². The van der Waals surface area contributed by atoms with E-state index in [1.165, 1.54) is 12.1 Å². The van der Waals surface area contributed by atoms with Gasteiger partial charge in [0.1, 0.15) is 22.8 Å². The molecule has 3 nitrogen and oxygen atoms in total. The van der Waals surface area contributed by atoms with Crippen LogP contribution in [-0.2, 0) is 0 Å². The van der Waals surface area contributed by atoms with E-state index in [1.54, 1.807) is 29.8 Å². The lowest BCUT2D eigenvalue weighted by Gasteiger charge is -2.09. The van der Waals surface area contributed by atoms with E-state index in [-0.39, 0.29) is 5.82 Å². The van der Waals surface area contributed by atoms with E-state index in [0.29, 0.717) is 0 Å². The van der Waals surface area contributed by atoms with Gasteiger partial charge in [0.25, 0.3) is 0 Å². The van der Waals surface area contributed by atoms with Crippen molar-refractivity contribution in [3.63, 3.8) is 0 Å². The Morgan fingerprint density at radius 2 is 1.88 bits per heavy atom. The maximum atomic E-state index is 13.2. The maximum Gasteiger partial charge on any atom is 0.143 e. The van der Waals surface area contributed by atoms with E-state index in [0.717, 1.165) is 37.3 Å². The second-order valence-electron chi connectivity index (χ2n) is 5.19. The number of anilines is 2. The van der Waals surface area contributed by atoms with Crippen LogP contribution < -0.4 is 5.32 Å². The van der Waals surface area contributed by atoms with Gasteiger partial charge < -0.3 is 5.32 Å². The number of hydrogen-bond donors (Lipinski definition) is 1. The molecule has 0 saturated heterocycles. The fourth-order valence-corrected chi connectivity index (χ4v) is 3.83. The van der Waals surface area contributed by atoms with E-state index in [9.17, 15) is 4.39 Å². The highest BCUT2D eigenvalue weighted by Crippen LogP contribution is 2.37. The van der Waals surface area contributed by atoms with E-state index in [2.05, 4.69) is 31.2 Å². The summed E-state index contributed by atoms with van der Waals surface area (Å²) in [6.07, 6.45) is 1.55. The van der Waals surface area contributed by atoms with Crippen molar-refractivity contribution in [2.75, 3.05) is 5.32 Å². The largest absolute Gasteiger partial charge is 0.340 e. The van der Waals surface area contributed by atoms with Crippen LogP contribution in [0.2, 0.25) is 0 Å². The summed E-state index contributed by atoms with van der Waals surface area (Å²) in [5.41, 5.74) is 2.86. The standard InChI is InChI=1S/C18H11BrFN3S/c19-12-2-1-3-14(8-12)23-17-16-15(9-24-18(16)22-10-21-17)11-4-6-13(20)7-5-11/h1-10H,(H,21,22,23). The summed E-state index contributed by atoms with van der Waals surface area (Å²) in [5.74, 6) is 0.487. The first-order valence-electron chi connectivity index (χ1n) is 7.21. The molecule has 4 aromatic rings. The number of benzene rings is 2. The second kappa shape index (κ2) is 6.30. The van der Waals surface area contributed by atoms with Crippen molar-refractivity contribution in [3.05, 3.63) is 70.5 Å². The van der Waals surface area contributed by atoms with Crippen molar-refractivity contribution in [2.24, 2.45) is 0 Å². The Morgan fingerprint density at radius 1 is 1.04 bits per heavy atom. The number of thiophene rings is 1. The van der Waals surface area contributed by atoms with Gasteiger partial charge in [-0.3, -0.25) is 0 Å². The van der Waals surface area contributed by atoms with E-state index < -0.39 is 0 Å². The zero-order valence-corrected chi connectivity index (χ0v) is 14.7. The van der Waals surface area contributed by atoms with E-state index >= 15 is 0 Å². The molecule has 2 heterocycles. The third-order valence-electron chi connectivity index (χ3n) is 3.61. The highest BCUT2D eigenvalue weighted by molar-refractivity contribution is 9.10.